The average Bonchev–Trinajstić information content (AvgIpc) is 2.94. The van der Waals surface area contributed by atoms with Crippen molar-refractivity contribution >= 4 is 0 Å². The van der Waals surface area contributed by atoms with Gasteiger partial charge in [0.15, 0.2) is 0 Å². The Labute approximate surface area is 90.7 Å². The zero-order valence-corrected chi connectivity index (χ0v) is 9.39. The molecule has 1 saturated carbocycles. The normalized spacial score (nSPS) is 19.9. The van der Waals surface area contributed by atoms with Gasteiger partial charge in [0.25, 0.3) is 0 Å². The van der Waals surface area contributed by atoms with E-state index in [1.54, 1.807) is 12.1 Å². The lowest BCUT2D eigenvalue weighted by molar-refractivity contribution is 0.376. The highest BCUT2D eigenvalue weighted by Gasteiger charge is 2.43. The third-order valence-electron chi connectivity index (χ3n) is 3.56. The smallest absolute Gasteiger partial charge is 0.123 e. The molecule has 2 rings (SSSR count). The van der Waals surface area contributed by atoms with Gasteiger partial charge in [-0.3, -0.25) is 0 Å². The predicted molar refractivity (Wildman–Crippen MR) is 60.3 cm³/mol. The van der Waals surface area contributed by atoms with Crippen molar-refractivity contribution in [2.24, 2.45) is 5.41 Å². The molecular formula is C13H18FN. The molecule has 1 aromatic carbocycles. The van der Waals surface area contributed by atoms with Crippen LogP contribution in [-0.2, 0) is 6.42 Å². The predicted octanol–water partition coefficient (Wildman–Crippen LogP) is 2.76. The minimum Gasteiger partial charge on any atom is -0.316 e. The van der Waals surface area contributed by atoms with Crippen LogP contribution < -0.4 is 5.32 Å². The van der Waals surface area contributed by atoms with Crippen LogP contribution in [0.25, 0.3) is 0 Å². The molecule has 15 heavy (non-hydrogen) atoms. The molecule has 0 bridgehead atoms. The molecule has 0 heterocycles. The summed E-state index contributed by atoms with van der Waals surface area (Å²) in [6.45, 7) is 2.30. The lowest BCUT2D eigenvalue weighted by Crippen LogP contribution is -2.35. The van der Waals surface area contributed by atoms with Crippen LogP contribution in [0.2, 0.25) is 0 Å². The Hall–Kier alpha value is -0.890. The van der Waals surface area contributed by atoms with E-state index in [0.29, 0.717) is 11.5 Å². The summed E-state index contributed by atoms with van der Waals surface area (Å²) in [6.07, 6.45) is 3.49. The summed E-state index contributed by atoms with van der Waals surface area (Å²) < 4.78 is 13.0. The second-order valence-corrected chi connectivity index (χ2v) is 4.83. The highest BCUT2D eigenvalue weighted by Crippen LogP contribution is 2.48. The molecule has 0 amide bonds. The zero-order valence-electron chi connectivity index (χ0n) is 9.39. The first kappa shape index (κ1) is 10.6. The molecule has 1 aliphatic rings. The second kappa shape index (κ2) is 3.93. The van der Waals surface area contributed by atoms with Crippen LogP contribution in [0.15, 0.2) is 24.3 Å². The van der Waals surface area contributed by atoms with E-state index in [2.05, 4.69) is 12.2 Å². The maximum Gasteiger partial charge on any atom is 0.123 e. The lowest BCUT2D eigenvalue weighted by atomic mass is 9.92. The van der Waals surface area contributed by atoms with Gasteiger partial charge in [0.1, 0.15) is 5.82 Å². The van der Waals surface area contributed by atoms with E-state index in [0.717, 1.165) is 12.0 Å². The van der Waals surface area contributed by atoms with Gasteiger partial charge in [-0.05, 0) is 49.4 Å². The minimum absolute atomic E-state index is 0.136. The third-order valence-corrected chi connectivity index (χ3v) is 3.56. The van der Waals surface area contributed by atoms with E-state index in [1.165, 1.54) is 18.9 Å². The molecule has 1 unspecified atom stereocenters. The Bertz CT molecular complexity index is 344. The van der Waals surface area contributed by atoms with Crippen molar-refractivity contribution < 1.29 is 4.39 Å². The van der Waals surface area contributed by atoms with Gasteiger partial charge in [0, 0.05) is 6.04 Å². The van der Waals surface area contributed by atoms with Gasteiger partial charge in [0.2, 0.25) is 0 Å². The summed E-state index contributed by atoms with van der Waals surface area (Å²) in [5, 5.41) is 3.35. The van der Waals surface area contributed by atoms with Crippen molar-refractivity contribution in [3.8, 4) is 0 Å². The van der Waals surface area contributed by atoms with Gasteiger partial charge in [-0.15, -0.1) is 0 Å². The highest BCUT2D eigenvalue weighted by molar-refractivity contribution is 5.19. The number of likely N-dealkylation sites (N-methyl/N-ethyl adjacent to an activating group) is 1. The van der Waals surface area contributed by atoms with Crippen LogP contribution in [0.4, 0.5) is 4.39 Å². The molecular weight excluding hydrogens is 189 g/mol. The fraction of sp³-hybridized carbons (Fsp3) is 0.538. The molecule has 0 aliphatic heterocycles. The van der Waals surface area contributed by atoms with E-state index < -0.39 is 0 Å². The first-order valence-electron chi connectivity index (χ1n) is 5.56. The Morgan fingerprint density at radius 2 is 2.20 bits per heavy atom. The van der Waals surface area contributed by atoms with E-state index in [4.69, 9.17) is 0 Å². The van der Waals surface area contributed by atoms with E-state index in [9.17, 15) is 4.39 Å². The van der Waals surface area contributed by atoms with Crippen molar-refractivity contribution in [2.45, 2.75) is 32.2 Å². The highest BCUT2D eigenvalue weighted by atomic mass is 19.1. The van der Waals surface area contributed by atoms with E-state index >= 15 is 0 Å². The third kappa shape index (κ3) is 2.37. The van der Waals surface area contributed by atoms with Crippen LogP contribution in [0.3, 0.4) is 0 Å². The van der Waals surface area contributed by atoms with Gasteiger partial charge in [-0.2, -0.15) is 0 Å². The number of benzene rings is 1. The van der Waals surface area contributed by atoms with Crippen LogP contribution in [-0.4, -0.2) is 13.1 Å². The van der Waals surface area contributed by atoms with Crippen LogP contribution in [0.1, 0.15) is 25.3 Å². The Morgan fingerprint density at radius 3 is 2.73 bits per heavy atom. The van der Waals surface area contributed by atoms with Gasteiger partial charge >= 0.3 is 0 Å². The Morgan fingerprint density at radius 1 is 1.47 bits per heavy atom. The largest absolute Gasteiger partial charge is 0.316 e. The summed E-state index contributed by atoms with van der Waals surface area (Å²) in [4.78, 5) is 0. The number of rotatable bonds is 4. The first-order valence-corrected chi connectivity index (χ1v) is 5.56. The van der Waals surface area contributed by atoms with Crippen LogP contribution >= 0.6 is 0 Å². The number of halogens is 1. The zero-order chi connectivity index (χ0) is 10.9. The van der Waals surface area contributed by atoms with Crippen LogP contribution in [0, 0.1) is 11.2 Å². The molecule has 1 N–H and O–H groups in total. The van der Waals surface area contributed by atoms with E-state index in [-0.39, 0.29) is 5.82 Å². The monoisotopic (exact) mass is 207 g/mol. The quantitative estimate of drug-likeness (QED) is 0.800. The molecule has 1 aromatic rings. The summed E-state index contributed by atoms with van der Waals surface area (Å²) in [7, 11) is 1.99. The maximum atomic E-state index is 13.0. The number of nitrogens with one attached hydrogen (secondary N) is 1. The molecule has 0 spiro atoms. The Kier molecular flexibility index (Phi) is 2.79. The lowest BCUT2D eigenvalue weighted by Gasteiger charge is -2.23. The van der Waals surface area contributed by atoms with Crippen molar-refractivity contribution in [1.82, 2.24) is 5.32 Å². The molecule has 0 radical (unpaired) electrons. The standard InChI is InChI=1S/C13H18FN/c1-13(6-7-13)12(15-2)9-10-4-3-5-11(14)8-10/h3-5,8,12,15H,6-7,9H2,1-2H3. The van der Waals surface area contributed by atoms with Crippen molar-refractivity contribution in [3.05, 3.63) is 35.6 Å². The minimum atomic E-state index is -0.136. The van der Waals surface area contributed by atoms with Gasteiger partial charge in [-0.25, -0.2) is 4.39 Å². The molecule has 1 fully saturated rings. The van der Waals surface area contributed by atoms with Gasteiger partial charge in [0.05, 0.1) is 0 Å². The Balaban J connectivity index is 2.06. The average molecular weight is 207 g/mol. The molecule has 2 heteroatoms. The van der Waals surface area contributed by atoms with E-state index in [1.807, 2.05) is 13.1 Å². The van der Waals surface area contributed by atoms with Crippen LogP contribution in [0.5, 0.6) is 0 Å². The first-order chi connectivity index (χ1) is 7.14. The number of hydrogen-bond acceptors (Lipinski definition) is 1. The summed E-state index contributed by atoms with van der Waals surface area (Å²) in [6, 6.07) is 7.39. The molecule has 0 aromatic heterocycles. The molecule has 1 aliphatic carbocycles. The van der Waals surface area contributed by atoms with Gasteiger partial charge in [-0.1, -0.05) is 19.1 Å². The van der Waals surface area contributed by atoms with Crippen molar-refractivity contribution in [2.75, 3.05) is 7.05 Å². The molecule has 1 atom stereocenters. The summed E-state index contributed by atoms with van der Waals surface area (Å²) in [5.41, 5.74) is 1.52. The summed E-state index contributed by atoms with van der Waals surface area (Å²) >= 11 is 0. The topological polar surface area (TPSA) is 12.0 Å². The van der Waals surface area contributed by atoms with Gasteiger partial charge < -0.3 is 5.32 Å². The second-order valence-electron chi connectivity index (χ2n) is 4.83. The fourth-order valence-electron chi connectivity index (χ4n) is 2.14. The fourth-order valence-corrected chi connectivity index (χ4v) is 2.14. The SMILES string of the molecule is CNC(Cc1cccc(F)c1)C1(C)CC1. The molecule has 1 nitrogen and oxygen atoms in total. The van der Waals surface area contributed by atoms with Crippen molar-refractivity contribution in [3.63, 3.8) is 0 Å². The molecule has 82 valence electrons. The molecule has 0 saturated heterocycles. The van der Waals surface area contributed by atoms with Crippen molar-refractivity contribution in [1.29, 1.82) is 0 Å². The maximum absolute atomic E-state index is 13.0. The summed E-state index contributed by atoms with van der Waals surface area (Å²) in [5.74, 6) is -0.136. The number of hydrogen-bond donors (Lipinski definition) is 1.